The van der Waals surface area contributed by atoms with E-state index < -0.39 is 14.9 Å². The van der Waals surface area contributed by atoms with Gasteiger partial charge in [-0.3, -0.25) is 10.1 Å². The van der Waals surface area contributed by atoms with Crippen LogP contribution in [0.2, 0.25) is 0 Å². The van der Waals surface area contributed by atoms with Gasteiger partial charge in [-0.15, -0.1) is 11.3 Å². The molecule has 6 nitrogen and oxygen atoms in total. The molecule has 0 unspecified atom stereocenters. The van der Waals surface area contributed by atoms with Gasteiger partial charge in [0, 0.05) is 23.6 Å². The fourth-order valence-corrected chi connectivity index (χ4v) is 5.57. The Morgan fingerprint density at radius 1 is 1.30 bits per heavy atom. The average Bonchev–Trinajstić information content (AvgIpc) is 3.02. The molecule has 0 N–H and O–H groups in total. The molecule has 3 rings (SSSR count). The van der Waals surface area contributed by atoms with E-state index in [9.17, 15) is 18.5 Å². The lowest BCUT2D eigenvalue weighted by atomic mass is 10.0. The van der Waals surface area contributed by atoms with Crippen LogP contribution in [0.3, 0.4) is 0 Å². The second-order valence-corrected chi connectivity index (χ2v) is 8.23. The highest BCUT2D eigenvalue weighted by Gasteiger charge is 2.36. The molecule has 23 heavy (non-hydrogen) atoms. The van der Waals surface area contributed by atoms with Gasteiger partial charge in [-0.05, 0) is 42.0 Å². The Bertz CT molecular complexity index is 827. The molecule has 1 aromatic heterocycles. The maximum atomic E-state index is 12.9. The first-order chi connectivity index (χ1) is 10.9. The van der Waals surface area contributed by atoms with Crippen LogP contribution in [0.4, 0.5) is 5.69 Å². The zero-order valence-electron chi connectivity index (χ0n) is 12.5. The largest absolute Gasteiger partial charge is 0.269 e. The Hall–Kier alpha value is -1.77. The predicted molar refractivity (Wildman–Crippen MR) is 88.0 cm³/mol. The number of nitro groups is 1. The fraction of sp³-hybridized carbons (Fsp3) is 0.333. The Morgan fingerprint density at radius 2 is 2.00 bits per heavy atom. The number of benzene rings is 1. The lowest BCUT2D eigenvalue weighted by Gasteiger charge is -2.34. The Morgan fingerprint density at radius 3 is 2.61 bits per heavy atom. The van der Waals surface area contributed by atoms with Crippen molar-refractivity contribution < 1.29 is 13.3 Å². The number of thiophene rings is 1. The molecule has 0 bridgehead atoms. The quantitative estimate of drug-likeness (QED) is 0.624. The highest BCUT2D eigenvalue weighted by atomic mass is 32.2. The van der Waals surface area contributed by atoms with Gasteiger partial charge < -0.3 is 0 Å². The predicted octanol–water partition coefficient (Wildman–Crippen LogP) is 3.35. The maximum absolute atomic E-state index is 12.9. The van der Waals surface area contributed by atoms with Crippen molar-refractivity contribution in [3.8, 4) is 0 Å². The summed E-state index contributed by atoms with van der Waals surface area (Å²) < 4.78 is 27.4. The summed E-state index contributed by atoms with van der Waals surface area (Å²) in [7, 11) is -3.67. The van der Waals surface area contributed by atoms with Crippen LogP contribution >= 0.6 is 11.3 Å². The van der Waals surface area contributed by atoms with Crippen molar-refractivity contribution in [2.75, 3.05) is 6.54 Å². The third kappa shape index (κ3) is 2.77. The number of nitrogens with zero attached hydrogens (tertiary/aromatic N) is 2. The summed E-state index contributed by atoms with van der Waals surface area (Å²) in [5.41, 5.74) is 0.962. The number of sulfonamides is 1. The van der Waals surface area contributed by atoms with Crippen molar-refractivity contribution in [1.29, 1.82) is 0 Å². The zero-order valence-corrected chi connectivity index (χ0v) is 14.1. The molecule has 8 heteroatoms. The molecule has 0 saturated carbocycles. The zero-order chi connectivity index (χ0) is 16.6. The van der Waals surface area contributed by atoms with Crippen LogP contribution in [-0.2, 0) is 16.4 Å². The van der Waals surface area contributed by atoms with Crippen molar-refractivity contribution in [3.63, 3.8) is 0 Å². The van der Waals surface area contributed by atoms with Gasteiger partial charge in [0.25, 0.3) is 5.69 Å². The summed E-state index contributed by atoms with van der Waals surface area (Å²) in [5.74, 6) is 0. The lowest BCUT2D eigenvalue weighted by Crippen LogP contribution is -2.39. The first-order valence-corrected chi connectivity index (χ1v) is 9.59. The highest BCUT2D eigenvalue weighted by Crippen LogP contribution is 2.38. The van der Waals surface area contributed by atoms with E-state index in [1.54, 1.807) is 11.3 Å². The van der Waals surface area contributed by atoms with E-state index in [2.05, 4.69) is 0 Å². The number of nitro benzene ring substituents is 1. The number of rotatable bonds is 4. The van der Waals surface area contributed by atoms with Crippen molar-refractivity contribution in [3.05, 3.63) is 56.3 Å². The molecule has 0 amide bonds. The molecule has 0 radical (unpaired) electrons. The topological polar surface area (TPSA) is 80.5 Å². The van der Waals surface area contributed by atoms with Crippen LogP contribution < -0.4 is 0 Å². The van der Waals surface area contributed by atoms with Crippen LogP contribution in [0, 0.1) is 10.1 Å². The van der Waals surface area contributed by atoms with Crippen LogP contribution in [-0.4, -0.2) is 24.2 Å². The van der Waals surface area contributed by atoms with E-state index in [0.29, 0.717) is 19.4 Å². The lowest BCUT2D eigenvalue weighted by molar-refractivity contribution is -0.384. The van der Waals surface area contributed by atoms with Gasteiger partial charge in [-0.25, -0.2) is 8.42 Å². The molecule has 1 aliphatic heterocycles. The van der Waals surface area contributed by atoms with Gasteiger partial charge in [0.2, 0.25) is 10.0 Å². The van der Waals surface area contributed by atoms with Gasteiger partial charge in [-0.2, -0.15) is 4.31 Å². The van der Waals surface area contributed by atoms with Gasteiger partial charge in [0.05, 0.1) is 15.9 Å². The molecule has 0 fully saturated rings. The number of fused-ring (bicyclic) bond motifs is 1. The van der Waals surface area contributed by atoms with E-state index in [4.69, 9.17) is 0 Å². The van der Waals surface area contributed by atoms with Crippen molar-refractivity contribution in [1.82, 2.24) is 4.31 Å². The summed E-state index contributed by atoms with van der Waals surface area (Å²) in [6.07, 6.45) is 1.39. The molecule has 0 aliphatic carbocycles. The summed E-state index contributed by atoms with van der Waals surface area (Å²) >= 11 is 1.66. The normalized spacial score (nSPS) is 18.6. The monoisotopic (exact) mass is 352 g/mol. The molecule has 1 atom stereocenters. The molecule has 0 spiro atoms. The van der Waals surface area contributed by atoms with Crippen molar-refractivity contribution >= 4 is 27.0 Å². The minimum absolute atomic E-state index is 0.0974. The second-order valence-electron chi connectivity index (χ2n) is 5.34. The van der Waals surface area contributed by atoms with E-state index in [1.807, 2.05) is 18.4 Å². The molecular weight excluding hydrogens is 336 g/mol. The number of non-ortho nitro benzene ring substituents is 1. The van der Waals surface area contributed by atoms with Gasteiger partial charge in [0.15, 0.2) is 0 Å². The number of hydrogen-bond donors (Lipinski definition) is 0. The highest BCUT2D eigenvalue weighted by molar-refractivity contribution is 7.89. The molecule has 2 heterocycles. The maximum Gasteiger partial charge on any atom is 0.269 e. The van der Waals surface area contributed by atoms with Crippen LogP contribution in [0.15, 0.2) is 40.6 Å². The van der Waals surface area contributed by atoms with Crippen LogP contribution in [0.1, 0.15) is 29.8 Å². The third-order valence-corrected chi connectivity index (χ3v) is 7.01. The first kappa shape index (κ1) is 16.1. The second kappa shape index (κ2) is 6.03. The summed E-state index contributed by atoms with van der Waals surface area (Å²) in [5, 5.41) is 12.7. The van der Waals surface area contributed by atoms with E-state index in [-0.39, 0.29) is 16.6 Å². The smallest absolute Gasteiger partial charge is 0.258 e. The molecule has 1 aliphatic rings. The first-order valence-electron chi connectivity index (χ1n) is 7.27. The van der Waals surface area contributed by atoms with Crippen molar-refractivity contribution in [2.45, 2.75) is 30.7 Å². The molecule has 1 aromatic carbocycles. The molecular formula is C15H16N2O4S2. The van der Waals surface area contributed by atoms with Crippen molar-refractivity contribution in [2.24, 2.45) is 0 Å². The summed E-state index contributed by atoms with van der Waals surface area (Å²) in [6.45, 7) is 2.40. The van der Waals surface area contributed by atoms with E-state index in [0.717, 1.165) is 5.56 Å². The molecule has 2 aromatic rings. The number of hydrogen-bond acceptors (Lipinski definition) is 5. The molecule has 0 saturated heterocycles. The summed E-state index contributed by atoms with van der Waals surface area (Å²) in [6, 6.07) is 6.89. The average molecular weight is 352 g/mol. The Kier molecular flexibility index (Phi) is 4.22. The standard InChI is InChI=1S/C15H16N2O4S2/c1-2-14-13-8-10-22-15(13)7-9-16(14)23(20,21)12-5-3-11(4-6-12)17(18)19/h3-6,8,10,14H,2,7,9H2,1H3/t14-/m0/s1. The molecule has 122 valence electrons. The van der Waals surface area contributed by atoms with Gasteiger partial charge in [0.1, 0.15) is 0 Å². The minimum Gasteiger partial charge on any atom is -0.258 e. The third-order valence-electron chi connectivity index (χ3n) is 4.09. The SMILES string of the molecule is CC[C@H]1c2ccsc2CCN1S(=O)(=O)c1ccc([N+](=O)[O-])cc1. The fourth-order valence-electron chi connectivity index (χ4n) is 2.96. The van der Waals surface area contributed by atoms with Gasteiger partial charge >= 0.3 is 0 Å². The Labute approximate surface area is 138 Å². The minimum atomic E-state index is -3.67. The summed E-state index contributed by atoms with van der Waals surface area (Å²) in [4.78, 5) is 11.5. The van der Waals surface area contributed by atoms with E-state index in [1.165, 1.54) is 33.4 Å². The van der Waals surface area contributed by atoms with Crippen LogP contribution in [0.25, 0.3) is 0 Å². The Balaban J connectivity index is 1.97. The van der Waals surface area contributed by atoms with Gasteiger partial charge in [-0.1, -0.05) is 6.92 Å². The van der Waals surface area contributed by atoms with E-state index >= 15 is 0 Å². The van der Waals surface area contributed by atoms with Crippen LogP contribution in [0.5, 0.6) is 0 Å².